The molecule has 1 atom stereocenters. The number of carbonyl (C=O) groups is 1. The highest BCUT2D eigenvalue weighted by atomic mass is 19.3. The van der Waals surface area contributed by atoms with Crippen molar-refractivity contribution in [3.8, 4) is 0 Å². The minimum absolute atomic E-state index is 0.197. The van der Waals surface area contributed by atoms with E-state index in [-0.39, 0.29) is 18.7 Å². The van der Waals surface area contributed by atoms with Crippen LogP contribution in [-0.4, -0.2) is 29.3 Å². The number of carbonyl (C=O) groups excluding carboxylic acids is 1. The van der Waals surface area contributed by atoms with Crippen LogP contribution in [0.2, 0.25) is 0 Å². The van der Waals surface area contributed by atoms with Crippen molar-refractivity contribution in [2.24, 2.45) is 0 Å². The van der Waals surface area contributed by atoms with Gasteiger partial charge in [-0.2, -0.15) is 0 Å². The molecule has 0 aromatic carbocycles. The molecular weight excluding hydrogens is 200 g/mol. The fourth-order valence-corrected chi connectivity index (χ4v) is 1.50. The summed E-state index contributed by atoms with van der Waals surface area (Å²) in [6.45, 7) is 6.85. The average Bonchev–Trinajstić information content (AvgIpc) is 2.23. The van der Waals surface area contributed by atoms with Crippen molar-refractivity contribution in [3.63, 3.8) is 0 Å². The third-order valence-electron chi connectivity index (χ3n) is 2.64. The van der Waals surface area contributed by atoms with E-state index < -0.39 is 12.0 Å². The van der Waals surface area contributed by atoms with E-state index in [1.165, 1.54) is 18.7 Å². The van der Waals surface area contributed by atoms with Crippen LogP contribution in [0.1, 0.15) is 47.0 Å². The van der Waals surface area contributed by atoms with Crippen LogP contribution in [0.5, 0.6) is 0 Å². The molecule has 90 valence electrons. The normalized spacial score (nSPS) is 13.7. The Morgan fingerprint density at radius 1 is 1.33 bits per heavy atom. The summed E-state index contributed by atoms with van der Waals surface area (Å²) in [6, 6.07) is -1.00. The lowest BCUT2D eigenvalue weighted by Crippen LogP contribution is -2.48. The molecule has 0 aromatic heterocycles. The predicted octanol–water partition coefficient (Wildman–Crippen LogP) is 3.07. The van der Waals surface area contributed by atoms with Gasteiger partial charge in [-0.3, -0.25) is 4.79 Å². The first-order chi connectivity index (χ1) is 6.90. The monoisotopic (exact) mass is 221 g/mol. The molecule has 0 aromatic rings. The maximum absolute atomic E-state index is 13.4. The molecule has 0 radical (unpaired) electrons. The second-order valence-electron chi connectivity index (χ2n) is 3.73. The molecular formula is C11H21F2NO. The van der Waals surface area contributed by atoms with Gasteiger partial charge in [0.2, 0.25) is 5.91 Å². The smallest absolute Gasteiger partial charge is 0.267 e. The van der Waals surface area contributed by atoms with E-state index in [0.29, 0.717) is 13.0 Å². The highest BCUT2D eigenvalue weighted by Gasteiger charge is 2.39. The third-order valence-corrected chi connectivity index (χ3v) is 2.64. The van der Waals surface area contributed by atoms with Crippen LogP contribution in [0.15, 0.2) is 0 Å². The molecule has 0 rings (SSSR count). The maximum Gasteiger partial charge on any atom is 0.267 e. The van der Waals surface area contributed by atoms with Gasteiger partial charge in [0.15, 0.2) is 0 Å². The number of rotatable bonds is 6. The molecule has 0 aliphatic heterocycles. The van der Waals surface area contributed by atoms with Crippen molar-refractivity contribution in [3.05, 3.63) is 0 Å². The summed E-state index contributed by atoms with van der Waals surface area (Å²) in [7, 11) is 0. The Morgan fingerprint density at radius 2 is 1.87 bits per heavy atom. The van der Waals surface area contributed by atoms with Crippen LogP contribution in [0.25, 0.3) is 0 Å². The number of hydrogen-bond acceptors (Lipinski definition) is 1. The van der Waals surface area contributed by atoms with Crippen molar-refractivity contribution >= 4 is 5.91 Å². The quantitative estimate of drug-likeness (QED) is 0.675. The zero-order valence-electron chi connectivity index (χ0n) is 10.0. The maximum atomic E-state index is 13.4. The summed E-state index contributed by atoms with van der Waals surface area (Å²) in [5.41, 5.74) is 0. The first-order valence-corrected chi connectivity index (χ1v) is 5.57. The van der Waals surface area contributed by atoms with Gasteiger partial charge in [0.25, 0.3) is 5.92 Å². The summed E-state index contributed by atoms with van der Waals surface area (Å²) in [4.78, 5) is 12.8. The van der Waals surface area contributed by atoms with Crippen molar-refractivity contribution < 1.29 is 13.6 Å². The molecule has 0 aliphatic rings. The van der Waals surface area contributed by atoms with Crippen LogP contribution in [-0.2, 0) is 4.79 Å². The molecule has 0 saturated carbocycles. The first kappa shape index (κ1) is 14.3. The molecule has 15 heavy (non-hydrogen) atoms. The second-order valence-corrected chi connectivity index (χ2v) is 3.73. The van der Waals surface area contributed by atoms with E-state index in [0.717, 1.165) is 0 Å². The molecule has 0 N–H and O–H groups in total. The molecule has 0 unspecified atom stereocenters. The van der Waals surface area contributed by atoms with Crippen LogP contribution < -0.4 is 0 Å². The Labute approximate surface area is 90.6 Å². The minimum atomic E-state index is -2.79. The summed E-state index contributed by atoms with van der Waals surface area (Å²) in [5.74, 6) is -2.99. The average molecular weight is 221 g/mol. The lowest BCUT2D eigenvalue weighted by Gasteiger charge is -2.33. The molecule has 4 heteroatoms. The number of halogens is 2. The van der Waals surface area contributed by atoms with Gasteiger partial charge in [-0.25, -0.2) is 8.78 Å². The zero-order valence-corrected chi connectivity index (χ0v) is 10.0. The third kappa shape index (κ3) is 3.76. The number of nitrogens with zero attached hydrogens (tertiary/aromatic N) is 1. The van der Waals surface area contributed by atoms with E-state index >= 15 is 0 Å². The molecule has 0 heterocycles. The summed E-state index contributed by atoms with van der Waals surface area (Å²) >= 11 is 0. The van der Waals surface area contributed by atoms with Gasteiger partial charge in [-0.15, -0.1) is 0 Å². The van der Waals surface area contributed by atoms with Crippen molar-refractivity contribution in [1.82, 2.24) is 4.90 Å². The summed E-state index contributed by atoms with van der Waals surface area (Å²) in [5, 5.41) is 0. The van der Waals surface area contributed by atoms with E-state index in [1.807, 2.05) is 6.92 Å². The predicted molar refractivity (Wildman–Crippen MR) is 57.0 cm³/mol. The Bertz CT molecular complexity index is 207. The van der Waals surface area contributed by atoms with E-state index in [9.17, 15) is 13.6 Å². The van der Waals surface area contributed by atoms with E-state index in [2.05, 4.69) is 0 Å². The van der Waals surface area contributed by atoms with Crippen LogP contribution in [0.4, 0.5) is 8.78 Å². The van der Waals surface area contributed by atoms with Crippen molar-refractivity contribution in [2.45, 2.75) is 58.9 Å². The minimum Gasteiger partial charge on any atom is -0.334 e. The molecule has 1 amide bonds. The fourth-order valence-electron chi connectivity index (χ4n) is 1.50. The number of alkyl halides is 2. The number of amides is 1. The van der Waals surface area contributed by atoms with Crippen LogP contribution in [0.3, 0.4) is 0 Å². The van der Waals surface area contributed by atoms with Gasteiger partial charge in [0.1, 0.15) is 0 Å². The first-order valence-electron chi connectivity index (χ1n) is 5.57. The molecule has 0 spiro atoms. The van der Waals surface area contributed by atoms with Crippen molar-refractivity contribution in [1.29, 1.82) is 0 Å². The summed E-state index contributed by atoms with van der Waals surface area (Å²) < 4.78 is 26.8. The van der Waals surface area contributed by atoms with Gasteiger partial charge >= 0.3 is 0 Å². The Morgan fingerprint density at radius 3 is 2.20 bits per heavy atom. The van der Waals surface area contributed by atoms with Gasteiger partial charge in [-0.1, -0.05) is 20.8 Å². The molecule has 0 aliphatic carbocycles. The largest absolute Gasteiger partial charge is 0.334 e. The van der Waals surface area contributed by atoms with Gasteiger partial charge in [0.05, 0.1) is 6.04 Å². The molecule has 0 bridgehead atoms. The summed E-state index contributed by atoms with van der Waals surface area (Å²) in [6.07, 6.45) is 0.755. The Balaban J connectivity index is 4.68. The van der Waals surface area contributed by atoms with Crippen LogP contribution >= 0.6 is 0 Å². The Hall–Kier alpha value is -0.670. The molecule has 0 saturated heterocycles. The molecule has 2 nitrogen and oxygen atoms in total. The zero-order chi connectivity index (χ0) is 12.1. The SMILES string of the molecule is CCCN(C(=O)CC)[C@@H](C)C(F)(F)CC. The van der Waals surface area contributed by atoms with Gasteiger partial charge < -0.3 is 4.90 Å². The van der Waals surface area contributed by atoms with Gasteiger partial charge in [-0.05, 0) is 13.3 Å². The molecule has 0 fully saturated rings. The lowest BCUT2D eigenvalue weighted by molar-refractivity contribution is -0.144. The van der Waals surface area contributed by atoms with E-state index in [4.69, 9.17) is 0 Å². The lowest BCUT2D eigenvalue weighted by atomic mass is 10.1. The standard InChI is InChI=1S/C11H21F2NO/c1-5-8-14(10(15)6-2)9(4)11(12,13)7-3/h9H,5-8H2,1-4H3/t9-/m0/s1. The highest BCUT2D eigenvalue weighted by molar-refractivity contribution is 5.76. The topological polar surface area (TPSA) is 20.3 Å². The van der Waals surface area contributed by atoms with E-state index in [1.54, 1.807) is 6.92 Å². The van der Waals surface area contributed by atoms with Crippen molar-refractivity contribution in [2.75, 3.05) is 6.54 Å². The van der Waals surface area contributed by atoms with Gasteiger partial charge in [0, 0.05) is 19.4 Å². The fraction of sp³-hybridized carbons (Fsp3) is 0.909. The van der Waals surface area contributed by atoms with Crippen LogP contribution in [0, 0.1) is 0 Å². The Kier molecular flexibility index (Phi) is 5.76. The highest BCUT2D eigenvalue weighted by Crippen LogP contribution is 2.27. The number of hydrogen-bond donors (Lipinski definition) is 0. The second kappa shape index (κ2) is 6.03.